The summed E-state index contributed by atoms with van der Waals surface area (Å²) in [5.41, 5.74) is 1.36. The van der Waals surface area contributed by atoms with Gasteiger partial charge in [0.1, 0.15) is 24.7 Å². The molecule has 1 aliphatic rings. The predicted molar refractivity (Wildman–Crippen MR) is 176 cm³/mol. The van der Waals surface area contributed by atoms with Crippen LogP contribution in [-0.4, -0.2) is 66.4 Å². The van der Waals surface area contributed by atoms with Crippen molar-refractivity contribution < 1.29 is 38.1 Å². The second-order valence-corrected chi connectivity index (χ2v) is 13.1. The lowest BCUT2D eigenvalue weighted by Gasteiger charge is -2.43. The van der Waals surface area contributed by atoms with E-state index in [-0.39, 0.29) is 24.1 Å². The molecule has 0 saturated carbocycles. The summed E-state index contributed by atoms with van der Waals surface area (Å²) < 4.78 is 31.2. The maximum Gasteiger partial charge on any atom is 0.338 e. The number of ether oxygens (including phenoxy) is 5. The van der Waals surface area contributed by atoms with Crippen LogP contribution in [0.2, 0.25) is 0 Å². The van der Waals surface area contributed by atoms with Crippen LogP contribution in [-0.2, 0) is 41.2 Å². The number of rotatable bonds is 12. The zero-order valence-electron chi connectivity index (χ0n) is 25.7. The molecule has 46 heavy (non-hydrogen) atoms. The van der Waals surface area contributed by atoms with E-state index in [0.29, 0.717) is 16.7 Å². The fraction of sp³-hybridized carbons (Fsp3) is 0.270. The van der Waals surface area contributed by atoms with Crippen LogP contribution >= 0.6 is 0 Å². The summed E-state index contributed by atoms with van der Waals surface area (Å²) in [6.07, 6.45) is -1.99. The number of esters is 3. The van der Waals surface area contributed by atoms with Crippen molar-refractivity contribution in [2.24, 2.45) is 0 Å². The van der Waals surface area contributed by atoms with Crippen LogP contribution in [0, 0.1) is 0 Å². The monoisotopic (exact) mass is 641 g/mol. The quantitative estimate of drug-likeness (QED) is 0.108. The van der Waals surface area contributed by atoms with Gasteiger partial charge in [0.25, 0.3) is 0 Å². The molecule has 1 unspecified atom stereocenters. The molecule has 4 aromatic rings. The minimum atomic E-state index is -1.17. The molecule has 0 radical (unpaired) electrons. The molecule has 1 fully saturated rings. The van der Waals surface area contributed by atoms with Crippen LogP contribution in [0.3, 0.4) is 0 Å². The average molecular weight is 642 g/mol. The van der Waals surface area contributed by atoms with Crippen LogP contribution in [0.5, 0.6) is 0 Å². The van der Waals surface area contributed by atoms with Gasteiger partial charge in [-0.1, -0.05) is 84.9 Å². The molecule has 5 rings (SSSR count). The molecular weight excluding hydrogens is 604 g/mol. The highest BCUT2D eigenvalue weighted by Gasteiger charge is 2.56. The maximum atomic E-state index is 13.6. The Kier molecular flexibility index (Phi) is 11.6. The lowest BCUT2D eigenvalue weighted by molar-refractivity contribution is -0.222. The lowest BCUT2D eigenvalue weighted by atomic mass is 9.98. The van der Waals surface area contributed by atoms with Crippen molar-refractivity contribution in [3.63, 3.8) is 0 Å². The van der Waals surface area contributed by atoms with Crippen LogP contribution < -0.4 is 0 Å². The Balaban J connectivity index is 1.52. The van der Waals surface area contributed by atoms with E-state index in [2.05, 4.69) is 0 Å². The topological polar surface area (TPSA) is 97.4 Å². The first-order chi connectivity index (χ1) is 22.4. The summed E-state index contributed by atoms with van der Waals surface area (Å²) in [5, 5.41) is 0. The number of carbonyl (C=O) groups excluding carboxylic acids is 3. The Labute approximate surface area is 271 Å². The highest BCUT2D eigenvalue weighted by molar-refractivity contribution is 7.96. The summed E-state index contributed by atoms with van der Waals surface area (Å²) in [5.74, 6) is -1.05. The van der Waals surface area contributed by atoms with Gasteiger partial charge in [0.05, 0.1) is 23.3 Å². The van der Waals surface area contributed by atoms with Gasteiger partial charge in [-0.15, -0.1) is 0 Å². The van der Waals surface area contributed by atoms with Crippen molar-refractivity contribution >= 4 is 28.8 Å². The molecule has 0 amide bonds. The number of hydrogen-bond acceptors (Lipinski definition) is 8. The van der Waals surface area contributed by atoms with E-state index in [9.17, 15) is 14.4 Å². The van der Waals surface area contributed by atoms with Gasteiger partial charge in [0, 0.05) is 10.9 Å². The molecule has 8 nitrogen and oxygen atoms in total. The smallest absolute Gasteiger partial charge is 0.338 e. The fourth-order valence-corrected chi connectivity index (χ4v) is 6.42. The summed E-state index contributed by atoms with van der Waals surface area (Å²) in [4.78, 5) is 40.1. The van der Waals surface area contributed by atoms with E-state index in [0.717, 1.165) is 11.3 Å². The molecule has 1 saturated heterocycles. The van der Waals surface area contributed by atoms with Crippen molar-refractivity contribution in [3.05, 3.63) is 144 Å². The van der Waals surface area contributed by atoms with E-state index in [1.807, 2.05) is 43.5 Å². The maximum absolute atomic E-state index is 13.6. The number of carbonyl (C=O) groups is 3. The Bertz CT molecular complexity index is 1550. The van der Waals surface area contributed by atoms with Crippen LogP contribution in [0.25, 0.3) is 0 Å². The minimum Gasteiger partial charge on any atom is -0.459 e. The molecule has 0 spiro atoms. The van der Waals surface area contributed by atoms with Gasteiger partial charge in [0.15, 0.2) is 18.3 Å². The third-order valence-corrected chi connectivity index (χ3v) is 9.70. The zero-order chi connectivity index (χ0) is 32.3. The second kappa shape index (κ2) is 16.2. The molecule has 4 aromatic carbocycles. The number of hydrogen-bond donors (Lipinski definition) is 0. The molecular formula is C37H37O8S+. The molecule has 1 heterocycles. The van der Waals surface area contributed by atoms with Gasteiger partial charge < -0.3 is 23.7 Å². The van der Waals surface area contributed by atoms with Crippen molar-refractivity contribution in [3.8, 4) is 0 Å². The molecule has 6 atom stereocenters. The SMILES string of the molecule is CC[S+](C)[C@@H]1O[C@H](COC(=O)c2ccccc2)[C@@H](OC(=O)c2ccccc2)[C@H](OC(=O)c2ccccc2)[C@H]1OCc1ccccc1. The first-order valence-corrected chi connectivity index (χ1v) is 17.0. The summed E-state index contributed by atoms with van der Waals surface area (Å²) >= 11 is 0. The highest BCUT2D eigenvalue weighted by atomic mass is 32.2. The van der Waals surface area contributed by atoms with Gasteiger partial charge in [-0.05, 0) is 48.9 Å². The Morgan fingerprint density at radius 3 is 1.59 bits per heavy atom. The molecule has 0 aliphatic carbocycles. The molecule has 9 heteroatoms. The molecule has 0 bridgehead atoms. The van der Waals surface area contributed by atoms with Crippen molar-refractivity contribution in [2.45, 2.75) is 43.4 Å². The van der Waals surface area contributed by atoms with Crippen LogP contribution in [0.1, 0.15) is 43.6 Å². The standard InChI is InChI=1S/C37H37O8S/c1-3-46(2)37-33(41-24-26-16-8-4-9-17-26)32(45-36(40)29-22-14-7-15-23-29)31(44-35(39)28-20-12-6-13-21-28)30(43-37)25-42-34(38)27-18-10-5-11-19-27/h4-23,30-33,37H,3,24-25H2,1-2H3/q+1/t30-,31-,32+,33-,37+,46?/m1/s1. The third kappa shape index (κ3) is 8.42. The summed E-state index contributed by atoms with van der Waals surface area (Å²) in [7, 11) is -0.385. The second-order valence-electron chi connectivity index (χ2n) is 10.7. The first kappa shape index (κ1) is 32.9. The van der Waals surface area contributed by atoms with Gasteiger partial charge in [-0.2, -0.15) is 0 Å². The van der Waals surface area contributed by atoms with Crippen LogP contribution in [0.15, 0.2) is 121 Å². The predicted octanol–water partition coefficient (Wildman–Crippen LogP) is 5.87. The Hall–Kier alpha value is -4.44. The summed E-state index contributed by atoms with van der Waals surface area (Å²) in [6.45, 7) is 2.00. The van der Waals surface area contributed by atoms with E-state index >= 15 is 0 Å². The fourth-order valence-electron chi connectivity index (χ4n) is 5.07. The van der Waals surface area contributed by atoms with E-state index in [1.54, 1.807) is 91.0 Å². The van der Waals surface area contributed by atoms with E-state index in [4.69, 9.17) is 23.7 Å². The highest BCUT2D eigenvalue weighted by Crippen LogP contribution is 2.33. The molecule has 1 aliphatic heterocycles. The first-order valence-electron chi connectivity index (χ1n) is 15.1. The van der Waals surface area contributed by atoms with Crippen molar-refractivity contribution in [1.29, 1.82) is 0 Å². The zero-order valence-corrected chi connectivity index (χ0v) is 26.5. The summed E-state index contributed by atoms with van der Waals surface area (Å²) in [6, 6.07) is 35.3. The minimum absolute atomic E-state index is 0.207. The third-order valence-electron chi connectivity index (χ3n) is 7.62. The normalized spacial score (nSPS) is 21.5. The van der Waals surface area contributed by atoms with Crippen LogP contribution in [0.4, 0.5) is 0 Å². The average Bonchev–Trinajstić information content (AvgIpc) is 3.11. The van der Waals surface area contributed by atoms with Gasteiger partial charge in [-0.25, -0.2) is 14.4 Å². The molecule has 238 valence electrons. The lowest BCUT2D eigenvalue weighted by Crippen LogP contribution is -2.63. The van der Waals surface area contributed by atoms with Crippen molar-refractivity contribution in [1.82, 2.24) is 0 Å². The Morgan fingerprint density at radius 2 is 1.09 bits per heavy atom. The van der Waals surface area contributed by atoms with E-state index < -0.39 is 47.8 Å². The molecule has 0 N–H and O–H groups in total. The van der Waals surface area contributed by atoms with Gasteiger partial charge >= 0.3 is 17.9 Å². The van der Waals surface area contributed by atoms with Gasteiger partial charge in [-0.3, -0.25) is 0 Å². The van der Waals surface area contributed by atoms with Gasteiger partial charge in [0.2, 0.25) is 5.44 Å². The number of benzene rings is 4. The van der Waals surface area contributed by atoms with E-state index in [1.165, 1.54) is 0 Å². The van der Waals surface area contributed by atoms with Crippen molar-refractivity contribution in [2.75, 3.05) is 18.6 Å². The largest absolute Gasteiger partial charge is 0.459 e. The Morgan fingerprint density at radius 1 is 0.630 bits per heavy atom. The molecule has 0 aromatic heterocycles.